The first kappa shape index (κ1) is 16.8. The van der Waals surface area contributed by atoms with Gasteiger partial charge in [0.05, 0.1) is 6.04 Å². The molecule has 2 N–H and O–H groups in total. The van der Waals surface area contributed by atoms with Gasteiger partial charge < -0.3 is 15.5 Å². The lowest BCUT2D eigenvalue weighted by atomic mass is 9.96. The Balaban J connectivity index is 1.85. The van der Waals surface area contributed by atoms with Crippen molar-refractivity contribution >= 4 is 6.03 Å². The van der Waals surface area contributed by atoms with Gasteiger partial charge in [-0.2, -0.15) is 0 Å². The molecule has 0 spiro atoms. The monoisotopic (exact) mass is 303 g/mol. The number of amides is 2. The van der Waals surface area contributed by atoms with Gasteiger partial charge in [-0.25, -0.2) is 4.79 Å². The minimum Gasteiger partial charge on any atom is -0.336 e. The molecule has 0 bridgehead atoms. The van der Waals surface area contributed by atoms with Crippen molar-refractivity contribution in [2.45, 2.75) is 51.1 Å². The molecule has 1 unspecified atom stereocenters. The maximum absolute atomic E-state index is 12.1. The standard InChI is InChI=1S/C18H29N3O/c1-14-9-11-15(12-10-14)17(21(2)3)13-19-18(22)20-16-7-5-4-6-8-16/h9-12,16-17H,4-8,13H2,1-3H3,(H2,19,20,22). The predicted molar refractivity (Wildman–Crippen MR) is 91.0 cm³/mol. The van der Waals surface area contributed by atoms with E-state index in [2.05, 4.69) is 46.7 Å². The largest absolute Gasteiger partial charge is 0.336 e. The third kappa shape index (κ3) is 5.02. The molecular formula is C18H29N3O. The lowest BCUT2D eigenvalue weighted by Gasteiger charge is -2.27. The van der Waals surface area contributed by atoms with E-state index in [4.69, 9.17) is 0 Å². The van der Waals surface area contributed by atoms with Crippen molar-refractivity contribution in [1.29, 1.82) is 0 Å². The van der Waals surface area contributed by atoms with Crippen LogP contribution in [0.5, 0.6) is 0 Å². The molecule has 4 heteroatoms. The predicted octanol–water partition coefficient (Wildman–Crippen LogP) is 3.23. The molecular weight excluding hydrogens is 274 g/mol. The Kier molecular flexibility index (Phi) is 6.25. The van der Waals surface area contributed by atoms with Crippen LogP contribution >= 0.6 is 0 Å². The molecule has 2 rings (SSSR count). The van der Waals surface area contributed by atoms with Gasteiger partial charge in [0.2, 0.25) is 0 Å². The van der Waals surface area contributed by atoms with Gasteiger partial charge in [0.15, 0.2) is 0 Å². The molecule has 0 aliphatic heterocycles. The molecule has 1 aliphatic carbocycles. The lowest BCUT2D eigenvalue weighted by molar-refractivity contribution is 0.225. The highest BCUT2D eigenvalue weighted by molar-refractivity contribution is 5.74. The number of benzene rings is 1. The van der Waals surface area contributed by atoms with Crippen LogP contribution in [-0.2, 0) is 0 Å². The highest BCUT2D eigenvalue weighted by Gasteiger charge is 2.18. The summed E-state index contributed by atoms with van der Waals surface area (Å²) >= 11 is 0. The van der Waals surface area contributed by atoms with E-state index in [1.807, 2.05) is 14.1 Å². The van der Waals surface area contributed by atoms with Crippen molar-refractivity contribution in [2.24, 2.45) is 0 Å². The van der Waals surface area contributed by atoms with Crippen LogP contribution in [0.1, 0.15) is 49.3 Å². The van der Waals surface area contributed by atoms with Gasteiger partial charge in [-0.1, -0.05) is 49.1 Å². The third-order valence-corrected chi connectivity index (χ3v) is 4.48. The Labute approximate surface area is 134 Å². The summed E-state index contributed by atoms with van der Waals surface area (Å²) in [6.45, 7) is 2.71. The molecule has 122 valence electrons. The fourth-order valence-corrected chi connectivity index (χ4v) is 3.06. The topological polar surface area (TPSA) is 44.4 Å². The van der Waals surface area contributed by atoms with E-state index in [0.29, 0.717) is 12.6 Å². The van der Waals surface area contributed by atoms with E-state index in [1.165, 1.54) is 30.4 Å². The summed E-state index contributed by atoms with van der Waals surface area (Å²) in [4.78, 5) is 14.2. The average Bonchev–Trinajstić information content (AvgIpc) is 2.50. The zero-order valence-corrected chi connectivity index (χ0v) is 14.1. The summed E-state index contributed by atoms with van der Waals surface area (Å²) in [6, 6.07) is 9.03. The summed E-state index contributed by atoms with van der Waals surface area (Å²) in [5.41, 5.74) is 2.48. The normalized spacial score (nSPS) is 17.3. The van der Waals surface area contributed by atoms with Crippen molar-refractivity contribution < 1.29 is 4.79 Å². The number of nitrogens with zero attached hydrogens (tertiary/aromatic N) is 1. The van der Waals surface area contributed by atoms with E-state index in [0.717, 1.165) is 12.8 Å². The summed E-state index contributed by atoms with van der Waals surface area (Å²) in [5, 5.41) is 6.14. The molecule has 4 nitrogen and oxygen atoms in total. The molecule has 22 heavy (non-hydrogen) atoms. The first-order chi connectivity index (χ1) is 10.6. The van der Waals surface area contributed by atoms with E-state index >= 15 is 0 Å². The summed E-state index contributed by atoms with van der Waals surface area (Å²) in [6.07, 6.45) is 5.99. The van der Waals surface area contributed by atoms with Gasteiger partial charge in [0.25, 0.3) is 0 Å². The van der Waals surface area contributed by atoms with Crippen LogP contribution in [0, 0.1) is 6.92 Å². The van der Waals surface area contributed by atoms with Crippen molar-refractivity contribution in [3.63, 3.8) is 0 Å². The van der Waals surface area contributed by atoms with Gasteiger partial charge in [-0.3, -0.25) is 0 Å². The number of aryl methyl sites for hydroxylation is 1. The van der Waals surface area contributed by atoms with Crippen LogP contribution in [0.2, 0.25) is 0 Å². The van der Waals surface area contributed by atoms with Crippen molar-refractivity contribution in [1.82, 2.24) is 15.5 Å². The first-order valence-electron chi connectivity index (χ1n) is 8.33. The number of hydrogen-bond acceptors (Lipinski definition) is 2. The van der Waals surface area contributed by atoms with Crippen molar-refractivity contribution in [3.05, 3.63) is 35.4 Å². The van der Waals surface area contributed by atoms with Gasteiger partial charge in [0.1, 0.15) is 0 Å². The number of hydrogen-bond donors (Lipinski definition) is 2. The van der Waals surface area contributed by atoms with Crippen LogP contribution in [-0.4, -0.2) is 37.6 Å². The number of carbonyl (C=O) groups is 1. The number of urea groups is 1. The number of carbonyl (C=O) groups excluding carboxylic acids is 1. The number of likely N-dealkylation sites (N-methyl/N-ethyl adjacent to an activating group) is 1. The second kappa shape index (κ2) is 8.18. The summed E-state index contributed by atoms with van der Waals surface area (Å²) < 4.78 is 0. The molecule has 0 radical (unpaired) electrons. The number of rotatable bonds is 5. The second-order valence-electron chi connectivity index (χ2n) is 6.58. The molecule has 0 saturated heterocycles. The smallest absolute Gasteiger partial charge is 0.315 e. The lowest BCUT2D eigenvalue weighted by Crippen LogP contribution is -2.45. The van der Waals surface area contributed by atoms with Crippen LogP contribution in [0.3, 0.4) is 0 Å². The molecule has 0 aromatic heterocycles. The minimum absolute atomic E-state index is 0.0362. The molecule has 1 aromatic rings. The zero-order valence-electron chi connectivity index (χ0n) is 14.1. The second-order valence-corrected chi connectivity index (χ2v) is 6.58. The van der Waals surface area contributed by atoms with Crippen molar-refractivity contribution in [2.75, 3.05) is 20.6 Å². The molecule has 2 amide bonds. The highest BCUT2D eigenvalue weighted by atomic mass is 16.2. The fraction of sp³-hybridized carbons (Fsp3) is 0.611. The quantitative estimate of drug-likeness (QED) is 0.877. The van der Waals surface area contributed by atoms with Crippen molar-refractivity contribution in [3.8, 4) is 0 Å². The van der Waals surface area contributed by atoms with E-state index in [9.17, 15) is 4.79 Å². The maximum Gasteiger partial charge on any atom is 0.315 e. The zero-order chi connectivity index (χ0) is 15.9. The van der Waals surface area contributed by atoms with Crippen LogP contribution < -0.4 is 10.6 Å². The fourth-order valence-electron chi connectivity index (χ4n) is 3.06. The Morgan fingerprint density at radius 3 is 2.41 bits per heavy atom. The summed E-state index contributed by atoms with van der Waals surface area (Å²) in [5.74, 6) is 0. The molecule has 1 aromatic carbocycles. The summed E-state index contributed by atoms with van der Waals surface area (Å²) in [7, 11) is 4.09. The van der Waals surface area contributed by atoms with E-state index in [1.54, 1.807) is 0 Å². The van der Waals surface area contributed by atoms with Crippen LogP contribution in [0.4, 0.5) is 4.79 Å². The average molecular weight is 303 g/mol. The van der Waals surface area contributed by atoms with Crippen LogP contribution in [0.15, 0.2) is 24.3 Å². The van der Waals surface area contributed by atoms with E-state index in [-0.39, 0.29) is 12.1 Å². The molecule has 1 atom stereocenters. The molecule has 1 fully saturated rings. The SMILES string of the molecule is Cc1ccc(C(CNC(=O)NC2CCCCC2)N(C)C)cc1. The Morgan fingerprint density at radius 1 is 1.18 bits per heavy atom. The molecule has 1 saturated carbocycles. The van der Waals surface area contributed by atoms with Gasteiger partial charge in [-0.05, 0) is 39.4 Å². The molecule has 1 aliphatic rings. The molecule has 0 heterocycles. The van der Waals surface area contributed by atoms with E-state index < -0.39 is 0 Å². The first-order valence-corrected chi connectivity index (χ1v) is 8.33. The third-order valence-electron chi connectivity index (χ3n) is 4.48. The maximum atomic E-state index is 12.1. The minimum atomic E-state index is -0.0362. The van der Waals surface area contributed by atoms with Gasteiger partial charge in [0, 0.05) is 12.6 Å². The van der Waals surface area contributed by atoms with Gasteiger partial charge >= 0.3 is 6.03 Å². The van der Waals surface area contributed by atoms with Gasteiger partial charge in [-0.15, -0.1) is 0 Å². The Hall–Kier alpha value is -1.55. The van der Waals surface area contributed by atoms with Crippen LogP contribution in [0.25, 0.3) is 0 Å². The highest BCUT2D eigenvalue weighted by Crippen LogP contribution is 2.19. The number of nitrogens with one attached hydrogen (secondary N) is 2. The Bertz CT molecular complexity index is 464. The Morgan fingerprint density at radius 2 is 1.82 bits per heavy atom.